The third kappa shape index (κ3) is 4.75. The zero-order valence-corrected chi connectivity index (χ0v) is 20.3. The van der Waals surface area contributed by atoms with Crippen molar-refractivity contribution in [2.45, 2.75) is 45.2 Å². The largest absolute Gasteiger partial charge is 0.319 e. The van der Waals surface area contributed by atoms with Crippen LogP contribution in [0.5, 0.6) is 0 Å². The molecule has 184 valence electrons. The highest BCUT2D eigenvalue weighted by Gasteiger charge is 2.46. The van der Waals surface area contributed by atoms with Crippen LogP contribution in [0.4, 0.5) is 11.4 Å². The van der Waals surface area contributed by atoms with Gasteiger partial charge >= 0.3 is 0 Å². The molecule has 2 unspecified atom stereocenters. The lowest BCUT2D eigenvalue weighted by Crippen LogP contribution is -2.46. The van der Waals surface area contributed by atoms with E-state index in [0.717, 1.165) is 16.0 Å². The number of amides is 3. The molecule has 3 aromatic rings. The number of benzene rings is 3. The maximum absolute atomic E-state index is 13.8. The van der Waals surface area contributed by atoms with E-state index < -0.39 is 34.7 Å². The van der Waals surface area contributed by atoms with Gasteiger partial charge in [0.15, 0.2) is 0 Å². The van der Waals surface area contributed by atoms with Crippen LogP contribution in [0.1, 0.15) is 60.6 Å². The maximum atomic E-state index is 13.8. The second-order valence-corrected chi connectivity index (χ2v) is 9.14. The fraction of sp³-hybridized carbons (Fsp3) is 0.250. The van der Waals surface area contributed by atoms with Gasteiger partial charge in [0.2, 0.25) is 5.91 Å². The van der Waals surface area contributed by atoms with E-state index in [1.54, 1.807) is 19.1 Å². The summed E-state index contributed by atoms with van der Waals surface area (Å²) in [5, 5.41) is 11.3. The summed E-state index contributed by atoms with van der Waals surface area (Å²) in [5.41, 5.74) is 2.15. The van der Waals surface area contributed by atoms with Gasteiger partial charge in [0.05, 0.1) is 23.1 Å². The molecule has 0 aromatic heterocycles. The lowest BCUT2D eigenvalue weighted by Gasteiger charge is -2.33. The van der Waals surface area contributed by atoms with Crippen molar-refractivity contribution in [3.05, 3.63) is 106 Å². The first-order chi connectivity index (χ1) is 17.2. The molecule has 4 rings (SSSR count). The first kappa shape index (κ1) is 24.8. The molecule has 0 N–H and O–H groups in total. The van der Waals surface area contributed by atoms with Gasteiger partial charge in [-0.05, 0) is 42.2 Å². The summed E-state index contributed by atoms with van der Waals surface area (Å²) in [4.78, 5) is 53.7. The van der Waals surface area contributed by atoms with E-state index in [0.29, 0.717) is 11.6 Å². The number of hydrogen-bond acceptors (Lipinski definition) is 5. The Hall–Kier alpha value is -4.33. The van der Waals surface area contributed by atoms with Crippen molar-refractivity contribution in [3.8, 4) is 0 Å². The Kier molecular flexibility index (Phi) is 6.96. The molecule has 36 heavy (non-hydrogen) atoms. The predicted molar refractivity (Wildman–Crippen MR) is 136 cm³/mol. The van der Waals surface area contributed by atoms with Crippen molar-refractivity contribution in [2.75, 3.05) is 4.90 Å². The Bertz CT molecular complexity index is 1300. The minimum atomic E-state index is -1.05. The molecule has 0 radical (unpaired) electrons. The molecule has 0 saturated carbocycles. The quantitative estimate of drug-likeness (QED) is 0.258. The molecule has 3 aromatic carbocycles. The zero-order chi connectivity index (χ0) is 26.0. The zero-order valence-electron chi connectivity index (χ0n) is 20.3. The maximum Gasteiger partial charge on any atom is 0.270 e. The Balaban J connectivity index is 1.73. The summed E-state index contributed by atoms with van der Waals surface area (Å²) in [6.07, 6.45) is -0.178. The van der Waals surface area contributed by atoms with Crippen molar-refractivity contribution < 1.29 is 19.3 Å². The van der Waals surface area contributed by atoms with Crippen molar-refractivity contribution in [1.82, 2.24) is 4.90 Å². The highest BCUT2D eigenvalue weighted by molar-refractivity contribution is 6.23. The lowest BCUT2D eigenvalue weighted by atomic mass is 10.0. The van der Waals surface area contributed by atoms with E-state index in [1.165, 1.54) is 29.2 Å². The van der Waals surface area contributed by atoms with E-state index in [4.69, 9.17) is 0 Å². The first-order valence-electron chi connectivity index (χ1n) is 11.8. The van der Waals surface area contributed by atoms with Crippen LogP contribution in [0.15, 0.2) is 78.9 Å². The third-order valence-corrected chi connectivity index (χ3v) is 6.51. The Morgan fingerprint density at radius 1 is 0.944 bits per heavy atom. The molecule has 8 nitrogen and oxygen atoms in total. The molecule has 0 spiro atoms. The van der Waals surface area contributed by atoms with Gasteiger partial charge in [-0.3, -0.25) is 24.5 Å². The van der Waals surface area contributed by atoms with Crippen molar-refractivity contribution in [1.29, 1.82) is 0 Å². The molecule has 1 aliphatic heterocycles. The number of carbonyl (C=O) groups excluding carboxylic acids is 3. The fourth-order valence-corrected chi connectivity index (χ4v) is 4.49. The number of hydrogen-bond donors (Lipinski definition) is 0. The second-order valence-electron chi connectivity index (χ2n) is 9.14. The highest BCUT2D eigenvalue weighted by atomic mass is 16.6. The van der Waals surface area contributed by atoms with Gasteiger partial charge in [0, 0.05) is 17.7 Å². The standard InChI is InChI=1S/C28H27N3O5/c1-18(2)20-12-14-23(15-13-20)30-26(32)17-25(28(30)34)29(19(3)21-8-5-4-6-9-21)27(33)22-10-7-11-24(16-22)31(35)36/h4-16,18-19,25H,17H2,1-3H3. The Labute approximate surface area is 209 Å². The highest BCUT2D eigenvalue weighted by Crippen LogP contribution is 2.33. The van der Waals surface area contributed by atoms with Gasteiger partial charge in [-0.15, -0.1) is 0 Å². The molecule has 1 saturated heterocycles. The normalized spacial score (nSPS) is 16.3. The number of carbonyl (C=O) groups is 3. The number of nitrogens with zero attached hydrogens (tertiary/aromatic N) is 3. The fourth-order valence-electron chi connectivity index (χ4n) is 4.49. The van der Waals surface area contributed by atoms with Crippen molar-refractivity contribution >= 4 is 29.1 Å². The van der Waals surface area contributed by atoms with E-state index in [9.17, 15) is 24.5 Å². The van der Waals surface area contributed by atoms with Crippen molar-refractivity contribution in [2.24, 2.45) is 0 Å². The number of nitro groups is 1. The molecule has 1 heterocycles. The first-order valence-corrected chi connectivity index (χ1v) is 11.8. The van der Waals surface area contributed by atoms with Crippen LogP contribution in [0, 0.1) is 10.1 Å². The average molecular weight is 486 g/mol. The molecular weight excluding hydrogens is 458 g/mol. The summed E-state index contributed by atoms with van der Waals surface area (Å²) in [7, 11) is 0. The van der Waals surface area contributed by atoms with E-state index in [-0.39, 0.29) is 17.7 Å². The average Bonchev–Trinajstić information content (AvgIpc) is 3.17. The predicted octanol–water partition coefficient (Wildman–Crippen LogP) is 5.25. The van der Waals surface area contributed by atoms with Gasteiger partial charge in [0.1, 0.15) is 6.04 Å². The topological polar surface area (TPSA) is 101 Å². The minimum Gasteiger partial charge on any atom is -0.319 e. The smallest absolute Gasteiger partial charge is 0.270 e. The second kappa shape index (κ2) is 10.1. The third-order valence-electron chi connectivity index (χ3n) is 6.51. The van der Waals surface area contributed by atoms with Crippen LogP contribution >= 0.6 is 0 Å². The van der Waals surface area contributed by atoms with Crippen LogP contribution < -0.4 is 4.90 Å². The number of rotatable bonds is 7. The summed E-state index contributed by atoms with van der Waals surface area (Å²) < 4.78 is 0. The number of nitro benzene ring substituents is 1. The molecular formula is C28H27N3O5. The van der Waals surface area contributed by atoms with Crippen LogP contribution in [0.3, 0.4) is 0 Å². The monoisotopic (exact) mass is 485 g/mol. The summed E-state index contributed by atoms with van der Waals surface area (Å²) in [5.74, 6) is -1.16. The van der Waals surface area contributed by atoms with E-state index in [1.807, 2.05) is 42.5 Å². The van der Waals surface area contributed by atoms with Gasteiger partial charge in [-0.25, -0.2) is 4.90 Å². The minimum absolute atomic E-state index is 0.0759. The van der Waals surface area contributed by atoms with Gasteiger partial charge in [-0.1, -0.05) is 62.4 Å². The summed E-state index contributed by atoms with van der Waals surface area (Å²) in [6.45, 7) is 5.89. The molecule has 0 aliphatic carbocycles. The lowest BCUT2D eigenvalue weighted by molar-refractivity contribution is -0.384. The van der Waals surface area contributed by atoms with Gasteiger partial charge in [-0.2, -0.15) is 0 Å². The van der Waals surface area contributed by atoms with Crippen LogP contribution in [0.25, 0.3) is 0 Å². The molecule has 0 bridgehead atoms. The van der Waals surface area contributed by atoms with Crippen molar-refractivity contribution in [3.63, 3.8) is 0 Å². The Morgan fingerprint density at radius 3 is 2.22 bits per heavy atom. The molecule has 1 fully saturated rings. The summed E-state index contributed by atoms with van der Waals surface area (Å²) >= 11 is 0. The number of anilines is 1. The SMILES string of the molecule is CC(C)c1ccc(N2C(=O)CC(N(C(=O)c3cccc([N+](=O)[O-])c3)C(C)c3ccccc3)C2=O)cc1. The van der Waals surface area contributed by atoms with Crippen LogP contribution in [0.2, 0.25) is 0 Å². The molecule has 8 heteroatoms. The number of imide groups is 1. The van der Waals surface area contributed by atoms with E-state index in [2.05, 4.69) is 13.8 Å². The number of non-ortho nitro benzene ring substituents is 1. The Morgan fingerprint density at radius 2 is 1.61 bits per heavy atom. The summed E-state index contributed by atoms with van der Waals surface area (Å²) in [6, 6.07) is 20.2. The van der Waals surface area contributed by atoms with Crippen LogP contribution in [-0.2, 0) is 9.59 Å². The molecule has 1 aliphatic rings. The molecule has 2 atom stereocenters. The van der Waals surface area contributed by atoms with Gasteiger partial charge < -0.3 is 4.90 Å². The van der Waals surface area contributed by atoms with Gasteiger partial charge in [0.25, 0.3) is 17.5 Å². The molecule has 3 amide bonds. The van der Waals surface area contributed by atoms with Crippen LogP contribution in [-0.4, -0.2) is 33.6 Å². The van der Waals surface area contributed by atoms with E-state index >= 15 is 0 Å².